The first kappa shape index (κ1) is 19.9. The molecule has 3 aromatic rings. The third kappa shape index (κ3) is 3.73. The van der Waals surface area contributed by atoms with Crippen molar-refractivity contribution >= 4 is 17.5 Å². The highest BCUT2D eigenvalue weighted by Gasteiger charge is 2.20. The summed E-state index contributed by atoms with van der Waals surface area (Å²) in [6.45, 7) is 7.61. The first-order valence-electron chi connectivity index (χ1n) is 8.92. The van der Waals surface area contributed by atoms with Gasteiger partial charge in [-0.1, -0.05) is 42.1 Å². The summed E-state index contributed by atoms with van der Waals surface area (Å²) in [5.41, 5.74) is 3.59. The second kappa shape index (κ2) is 8.02. The van der Waals surface area contributed by atoms with Gasteiger partial charge in [-0.05, 0) is 39.3 Å². The van der Waals surface area contributed by atoms with Gasteiger partial charge in [0, 0.05) is 17.0 Å². The maximum absolute atomic E-state index is 12.8. The maximum atomic E-state index is 12.8. The van der Waals surface area contributed by atoms with Crippen molar-refractivity contribution in [1.29, 1.82) is 0 Å². The third-order valence-corrected chi connectivity index (χ3v) is 5.75. The summed E-state index contributed by atoms with van der Waals surface area (Å²) in [7, 11) is 0. The lowest BCUT2D eigenvalue weighted by Gasteiger charge is -2.19. The Labute approximate surface area is 167 Å². The highest BCUT2D eigenvalue weighted by atomic mass is 32.2. The van der Waals surface area contributed by atoms with E-state index in [1.807, 2.05) is 38.1 Å². The molecule has 1 aromatic carbocycles. The number of aryl methyl sites for hydroxylation is 2. The van der Waals surface area contributed by atoms with Crippen LogP contribution in [0.4, 0.5) is 0 Å². The van der Waals surface area contributed by atoms with Crippen molar-refractivity contribution in [2.45, 2.75) is 38.9 Å². The van der Waals surface area contributed by atoms with Gasteiger partial charge in [0.1, 0.15) is 5.69 Å². The van der Waals surface area contributed by atoms with Gasteiger partial charge >= 0.3 is 0 Å². The van der Waals surface area contributed by atoms with Crippen molar-refractivity contribution in [3.05, 3.63) is 75.0 Å². The summed E-state index contributed by atoms with van der Waals surface area (Å²) in [6.07, 6.45) is 0. The van der Waals surface area contributed by atoms with E-state index in [0.29, 0.717) is 5.56 Å². The maximum Gasteiger partial charge on any atom is 0.294 e. The molecule has 8 heteroatoms. The zero-order chi connectivity index (χ0) is 20.4. The minimum absolute atomic E-state index is 0.0422. The monoisotopic (exact) mass is 397 g/mol. The molecule has 0 bridgehead atoms. The van der Waals surface area contributed by atoms with Crippen molar-refractivity contribution in [2.75, 3.05) is 11.6 Å². The van der Waals surface area contributed by atoms with Crippen LogP contribution in [0, 0.1) is 20.8 Å². The molecule has 1 atom stereocenters. The van der Waals surface area contributed by atoms with Gasteiger partial charge in [-0.25, -0.2) is 0 Å². The van der Waals surface area contributed by atoms with Gasteiger partial charge in [0.05, 0.1) is 11.8 Å². The van der Waals surface area contributed by atoms with Crippen LogP contribution < -0.4 is 11.4 Å². The lowest BCUT2D eigenvalue weighted by Crippen LogP contribution is -2.32. The second-order valence-electron chi connectivity index (χ2n) is 6.70. The van der Waals surface area contributed by atoms with E-state index >= 15 is 0 Å². The van der Waals surface area contributed by atoms with E-state index in [1.165, 1.54) is 5.56 Å². The molecule has 0 fully saturated rings. The molecule has 0 spiro atoms. The number of hydrogen-bond acceptors (Lipinski definition) is 6. The van der Waals surface area contributed by atoms with Gasteiger partial charge in [-0.15, -0.1) is 10.2 Å². The predicted octanol–water partition coefficient (Wildman–Crippen LogP) is 2.66. The molecule has 0 aliphatic heterocycles. The minimum atomic E-state index is -0.417. The molecule has 2 heterocycles. The van der Waals surface area contributed by atoms with Crippen LogP contribution in [0.2, 0.25) is 0 Å². The number of aromatic nitrogens is 4. The molecule has 0 aliphatic rings. The molecule has 0 saturated heterocycles. The van der Waals surface area contributed by atoms with Crippen LogP contribution >= 0.6 is 11.8 Å². The SMILES string of the molecule is Cc1nnc(SCC(=O)c2cc(C)n([C@@H](C)c3ccccc3)c2C)n(N)c1=O. The standard InChI is InChI=1S/C20H23N5O2S/c1-12-10-17(15(4)24(12)14(3)16-8-6-5-7-9-16)18(26)11-28-20-23-22-13(2)19(27)25(20)21/h5-10,14H,11,21H2,1-4H3/t14-/m0/s1. The molecule has 28 heavy (non-hydrogen) atoms. The van der Waals surface area contributed by atoms with E-state index in [-0.39, 0.29) is 28.4 Å². The van der Waals surface area contributed by atoms with Gasteiger partial charge in [-0.3, -0.25) is 9.59 Å². The van der Waals surface area contributed by atoms with E-state index in [4.69, 9.17) is 5.84 Å². The fourth-order valence-corrected chi connectivity index (χ4v) is 4.05. The van der Waals surface area contributed by atoms with Gasteiger partial charge in [0.25, 0.3) is 5.56 Å². The van der Waals surface area contributed by atoms with Crippen molar-refractivity contribution in [1.82, 2.24) is 19.4 Å². The Morgan fingerprint density at radius 1 is 1.18 bits per heavy atom. The molecule has 146 valence electrons. The lowest BCUT2D eigenvalue weighted by molar-refractivity contribution is 0.102. The van der Waals surface area contributed by atoms with Crippen LogP contribution in [0.15, 0.2) is 46.3 Å². The Hall–Kier alpha value is -2.87. The van der Waals surface area contributed by atoms with Crippen molar-refractivity contribution in [3.8, 4) is 0 Å². The Kier molecular flexibility index (Phi) is 5.69. The third-order valence-electron chi connectivity index (χ3n) is 4.81. The number of benzene rings is 1. The summed E-state index contributed by atoms with van der Waals surface area (Å²) < 4.78 is 3.10. The zero-order valence-electron chi connectivity index (χ0n) is 16.3. The topological polar surface area (TPSA) is 95.8 Å². The summed E-state index contributed by atoms with van der Waals surface area (Å²) in [5.74, 6) is 5.82. The van der Waals surface area contributed by atoms with Gasteiger partial charge in [-0.2, -0.15) is 4.68 Å². The number of nitrogen functional groups attached to an aromatic ring is 1. The van der Waals surface area contributed by atoms with Crippen LogP contribution in [0.25, 0.3) is 0 Å². The molecule has 2 aromatic heterocycles. The van der Waals surface area contributed by atoms with Crippen molar-refractivity contribution < 1.29 is 4.79 Å². The molecule has 7 nitrogen and oxygen atoms in total. The molecule has 0 unspecified atom stereocenters. The van der Waals surface area contributed by atoms with Crippen molar-refractivity contribution in [2.24, 2.45) is 0 Å². The molecular formula is C20H23N5O2S. The number of Topliss-reactive ketones (excluding diaryl/α,β-unsaturated/α-hetero) is 1. The van der Waals surface area contributed by atoms with Gasteiger partial charge in [0.15, 0.2) is 5.78 Å². The Morgan fingerprint density at radius 3 is 2.54 bits per heavy atom. The van der Waals surface area contributed by atoms with E-state index in [9.17, 15) is 9.59 Å². The predicted molar refractivity (Wildman–Crippen MR) is 110 cm³/mol. The normalized spacial score (nSPS) is 12.1. The molecular weight excluding hydrogens is 374 g/mol. The first-order valence-corrected chi connectivity index (χ1v) is 9.90. The fraction of sp³-hybridized carbons (Fsp3) is 0.300. The van der Waals surface area contributed by atoms with Crippen LogP contribution in [0.5, 0.6) is 0 Å². The lowest BCUT2D eigenvalue weighted by atomic mass is 10.1. The Morgan fingerprint density at radius 2 is 1.86 bits per heavy atom. The van der Waals surface area contributed by atoms with E-state index < -0.39 is 5.56 Å². The number of carbonyl (C=O) groups is 1. The van der Waals surface area contributed by atoms with Crippen LogP contribution in [-0.2, 0) is 0 Å². The van der Waals surface area contributed by atoms with Gasteiger partial charge in [0.2, 0.25) is 5.16 Å². The average Bonchev–Trinajstić information content (AvgIpc) is 2.99. The molecule has 0 radical (unpaired) electrons. The number of carbonyl (C=O) groups excluding carboxylic acids is 1. The zero-order valence-corrected chi connectivity index (χ0v) is 17.2. The van der Waals surface area contributed by atoms with Crippen LogP contribution in [-0.4, -0.2) is 31.0 Å². The minimum Gasteiger partial charge on any atom is -0.341 e. The summed E-state index contributed by atoms with van der Waals surface area (Å²) in [4.78, 5) is 24.7. The fourth-order valence-electron chi connectivity index (χ4n) is 3.31. The van der Waals surface area contributed by atoms with E-state index in [2.05, 4.69) is 33.8 Å². The number of nitrogens with zero attached hydrogens (tertiary/aromatic N) is 4. The number of hydrogen-bond donors (Lipinski definition) is 1. The summed E-state index contributed by atoms with van der Waals surface area (Å²) in [5, 5.41) is 7.91. The molecule has 0 amide bonds. The number of rotatable bonds is 6. The highest BCUT2D eigenvalue weighted by Crippen LogP contribution is 2.26. The molecule has 0 saturated carbocycles. The van der Waals surface area contributed by atoms with Crippen LogP contribution in [0.1, 0.15) is 46.0 Å². The van der Waals surface area contributed by atoms with E-state index in [0.717, 1.165) is 27.8 Å². The molecule has 3 rings (SSSR count). The Bertz CT molecular complexity index is 1070. The quantitative estimate of drug-likeness (QED) is 0.390. The number of nitrogens with two attached hydrogens (primary N) is 1. The largest absolute Gasteiger partial charge is 0.341 e. The number of thioether (sulfide) groups is 1. The van der Waals surface area contributed by atoms with E-state index in [1.54, 1.807) is 6.92 Å². The number of ketones is 1. The second-order valence-corrected chi connectivity index (χ2v) is 7.64. The van der Waals surface area contributed by atoms with Gasteiger partial charge < -0.3 is 10.4 Å². The van der Waals surface area contributed by atoms with Crippen molar-refractivity contribution in [3.63, 3.8) is 0 Å². The highest BCUT2D eigenvalue weighted by molar-refractivity contribution is 7.99. The van der Waals surface area contributed by atoms with Crippen LogP contribution in [0.3, 0.4) is 0 Å². The average molecular weight is 398 g/mol. The first-order chi connectivity index (χ1) is 13.3. The molecule has 0 aliphatic carbocycles. The summed E-state index contributed by atoms with van der Waals surface area (Å²) in [6, 6.07) is 12.2. The Balaban J connectivity index is 1.82. The smallest absolute Gasteiger partial charge is 0.294 e. The summed E-state index contributed by atoms with van der Waals surface area (Å²) >= 11 is 1.11. The molecule has 2 N–H and O–H groups in total.